The highest BCUT2D eigenvalue weighted by Gasteiger charge is 2.12. The lowest BCUT2D eigenvalue weighted by molar-refractivity contribution is 1.21. The van der Waals surface area contributed by atoms with E-state index in [1.54, 1.807) is 12.4 Å². The van der Waals surface area contributed by atoms with Crippen LogP contribution in [-0.4, -0.2) is 9.97 Å². The molecule has 0 spiro atoms. The summed E-state index contributed by atoms with van der Waals surface area (Å²) in [5.74, 6) is 0. The minimum atomic E-state index is 0.885. The van der Waals surface area contributed by atoms with Gasteiger partial charge >= 0.3 is 0 Å². The zero-order chi connectivity index (χ0) is 16.2. The van der Waals surface area contributed by atoms with Gasteiger partial charge in [0.2, 0.25) is 0 Å². The maximum atomic E-state index is 4.48. The Morgan fingerprint density at radius 1 is 0.500 bits per heavy atom. The number of hydrogen-bond acceptors (Lipinski definition) is 2. The van der Waals surface area contributed by atoms with Crippen LogP contribution in [0.25, 0.3) is 33.5 Å². The van der Waals surface area contributed by atoms with Gasteiger partial charge in [-0.15, -0.1) is 0 Å². The van der Waals surface area contributed by atoms with E-state index in [1.807, 2.05) is 18.3 Å². The van der Waals surface area contributed by atoms with E-state index in [2.05, 4.69) is 76.7 Å². The fourth-order valence-corrected chi connectivity index (χ4v) is 2.97. The van der Waals surface area contributed by atoms with Crippen molar-refractivity contribution >= 4 is 0 Å². The van der Waals surface area contributed by atoms with Gasteiger partial charge in [-0.05, 0) is 22.3 Å². The van der Waals surface area contributed by atoms with Gasteiger partial charge in [-0.1, -0.05) is 78.9 Å². The monoisotopic (exact) mass is 308 g/mol. The van der Waals surface area contributed by atoms with Gasteiger partial charge in [0.15, 0.2) is 0 Å². The quantitative estimate of drug-likeness (QED) is 0.501. The van der Waals surface area contributed by atoms with Crippen molar-refractivity contribution in [2.75, 3.05) is 0 Å². The third kappa shape index (κ3) is 2.70. The summed E-state index contributed by atoms with van der Waals surface area (Å²) in [5, 5.41) is 0. The van der Waals surface area contributed by atoms with Crippen molar-refractivity contribution in [3.63, 3.8) is 0 Å². The molecule has 4 rings (SSSR count). The summed E-state index contributed by atoms with van der Waals surface area (Å²) in [7, 11) is 0. The number of hydrogen-bond donors (Lipinski definition) is 0. The maximum Gasteiger partial charge on any atom is 0.0891 e. The Morgan fingerprint density at radius 2 is 1.08 bits per heavy atom. The van der Waals surface area contributed by atoms with Gasteiger partial charge in [-0.25, -0.2) is 0 Å². The molecule has 0 aliphatic carbocycles. The summed E-state index contributed by atoms with van der Waals surface area (Å²) in [5.41, 5.74) is 6.77. The van der Waals surface area contributed by atoms with Gasteiger partial charge in [-0.2, -0.15) is 0 Å². The molecule has 0 N–H and O–H groups in total. The fraction of sp³-hybridized carbons (Fsp3) is 0. The van der Waals surface area contributed by atoms with Crippen LogP contribution in [0.5, 0.6) is 0 Å². The molecule has 0 aliphatic rings. The van der Waals surface area contributed by atoms with Crippen LogP contribution < -0.4 is 0 Å². The van der Waals surface area contributed by atoms with Crippen molar-refractivity contribution < 1.29 is 0 Å². The van der Waals surface area contributed by atoms with Gasteiger partial charge in [0.05, 0.1) is 11.9 Å². The van der Waals surface area contributed by atoms with Crippen LogP contribution >= 0.6 is 0 Å². The lowest BCUT2D eigenvalue weighted by Crippen LogP contribution is -1.90. The van der Waals surface area contributed by atoms with Gasteiger partial charge in [-0.3, -0.25) is 9.97 Å². The number of aromatic nitrogens is 2. The average Bonchev–Trinajstić information content (AvgIpc) is 2.69. The largest absolute Gasteiger partial charge is 0.261 e. The third-order valence-electron chi connectivity index (χ3n) is 4.07. The van der Waals surface area contributed by atoms with E-state index in [0.29, 0.717) is 0 Å². The van der Waals surface area contributed by atoms with Crippen molar-refractivity contribution in [1.82, 2.24) is 9.97 Å². The highest BCUT2D eigenvalue weighted by molar-refractivity contribution is 5.90. The first-order valence-corrected chi connectivity index (χ1v) is 7.94. The fourth-order valence-electron chi connectivity index (χ4n) is 2.97. The topological polar surface area (TPSA) is 25.8 Å². The normalized spacial score (nSPS) is 10.5. The minimum Gasteiger partial charge on any atom is -0.261 e. The van der Waals surface area contributed by atoms with E-state index in [0.717, 1.165) is 16.8 Å². The summed E-state index contributed by atoms with van der Waals surface area (Å²) in [6.07, 6.45) is 5.24. The van der Waals surface area contributed by atoms with E-state index >= 15 is 0 Å². The molecular weight excluding hydrogens is 292 g/mol. The Balaban J connectivity index is 1.93. The van der Waals surface area contributed by atoms with Crippen LogP contribution in [0.2, 0.25) is 0 Å². The van der Waals surface area contributed by atoms with Crippen LogP contribution in [0.4, 0.5) is 0 Å². The summed E-state index contributed by atoms with van der Waals surface area (Å²) in [6, 6.07) is 27.3. The first-order chi connectivity index (χ1) is 11.9. The molecule has 4 aromatic rings. The summed E-state index contributed by atoms with van der Waals surface area (Å²) in [4.78, 5) is 8.69. The first kappa shape index (κ1) is 14.3. The maximum absolute atomic E-state index is 4.48. The second-order valence-electron chi connectivity index (χ2n) is 5.55. The second-order valence-corrected chi connectivity index (χ2v) is 5.55. The van der Waals surface area contributed by atoms with Crippen molar-refractivity contribution in [1.29, 1.82) is 0 Å². The molecule has 0 saturated heterocycles. The SMILES string of the molecule is c1ccc(-c2ccccc2-c2ccccc2-c2cnccn2)cc1. The van der Waals surface area contributed by atoms with Crippen LogP contribution in [0.15, 0.2) is 97.5 Å². The Hall–Kier alpha value is -3.26. The molecule has 0 radical (unpaired) electrons. The van der Waals surface area contributed by atoms with Crippen molar-refractivity contribution in [3.05, 3.63) is 97.5 Å². The predicted octanol–water partition coefficient (Wildman–Crippen LogP) is 5.48. The molecule has 0 unspecified atom stereocenters. The van der Waals surface area contributed by atoms with Gasteiger partial charge in [0.1, 0.15) is 0 Å². The second kappa shape index (κ2) is 6.47. The Labute approximate surface area is 141 Å². The van der Waals surface area contributed by atoms with E-state index in [-0.39, 0.29) is 0 Å². The molecule has 0 fully saturated rings. The molecule has 2 nitrogen and oxygen atoms in total. The Morgan fingerprint density at radius 3 is 1.75 bits per heavy atom. The Kier molecular flexibility index (Phi) is 3.86. The third-order valence-corrected chi connectivity index (χ3v) is 4.07. The molecule has 0 aliphatic heterocycles. The zero-order valence-electron chi connectivity index (χ0n) is 13.1. The number of nitrogens with zero attached hydrogens (tertiary/aromatic N) is 2. The van der Waals surface area contributed by atoms with Crippen LogP contribution in [0, 0.1) is 0 Å². The summed E-state index contributed by atoms with van der Waals surface area (Å²) in [6.45, 7) is 0. The molecule has 0 amide bonds. The molecular formula is C22H16N2. The van der Waals surface area contributed by atoms with Crippen LogP contribution in [-0.2, 0) is 0 Å². The lowest BCUT2D eigenvalue weighted by Gasteiger charge is -2.14. The lowest BCUT2D eigenvalue weighted by atomic mass is 9.91. The average molecular weight is 308 g/mol. The molecule has 0 atom stereocenters. The van der Waals surface area contributed by atoms with E-state index < -0.39 is 0 Å². The predicted molar refractivity (Wildman–Crippen MR) is 98.3 cm³/mol. The molecule has 1 aromatic heterocycles. The van der Waals surface area contributed by atoms with Crippen molar-refractivity contribution in [2.24, 2.45) is 0 Å². The minimum absolute atomic E-state index is 0.885. The number of benzene rings is 3. The van der Waals surface area contributed by atoms with Crippen LogP contribution in [0.1, 0.15) is 0 Å². The molecule has 0 saturated carbocycles. The van der Waals surface area contributed by atoms with Gasteiger partial charge < -0.3 is 0 Å². The molecule has 2 heteroatoms. The molecule has 24 heavy (non-hydrogen) atoms. The van der Waals surface area contributed by atoms with E-state index in [1.165, 1.54) is 16.7 Å². The molecule has 3 aromatic carbocycles. The molecule has 0 bridgehead atoms. The van der Waals surface area contributed by atoms with Crippen molar-refractivity contribution in [3.8, 4) is 33.5 Å². The zero-order valence-corrected chi connectivity index (χ0v) is 13.1. The van der Waals surface area contributed by atoms with Crippen molar-refractivity contribution in [2.45, 2.75) is 0 Å². The molecule has 1 heterocycles. The number of rotatable bonds is 3. The van der Waals surface area contributed by atoms with Gasteiger partial charge in [0.25, 0.3) is 0 Å². The first-order valence-electron chi connectivity index (χ1n) is 7.94. The van der Waals surface area contributed by atoms with Crippen LogP contribution in [0.3, 0.4) is 0 Å². The smallest absolute Gasteiger partial charge is 0.0891 e. The highest BCUT2D eigenvalue weighted by atomic mass is 14.8. The van der Waals surface area contributed by atoms with E-state index in [9.17, 15) is 0 Å². The summed E-state index contributed by atoms with van der Waals surface area (Å²) >= 11 is 0. The molecule has 114 valence electrons. The van der Waals surface area contributed by atoms with E-state index in [4.69, 9.17) is 0 Å². The van der Waals surface area contributed by atoms with Gasteiger partial charge in [0, 0.05) is 18.0 Å². The Bertz CT molecular complexity index is 867. The highest BCUT2D eigenvalue weighted by Crippen LogP contribution is 2.36. The summed E-state index contributed by atoms with van der Waals surface area (Å²) < 4.78 is 0. The standard InChI is InChI=1S/C22H16N2/c1-2-8-17(9-3-1)18-10-4-5-11-19(18)20-12-6-7-13-21(20)22-16-23-14-15-24-22/h1-16H.